The summed E-state index contributed by atoms with van der Waals surface area (Å²) in [5.74, 6) is 0.181. The van der Waals surface area contributed by atoms with Crippen molar-refractivity contribution in [1.82, 2.24) is 4.90 Å². The van der Waals surface area contributed by atoms with Gasteiger partial charge in [-0.1, -0.05) is 48.4 Å². The molecule has 1 aliphatic carbocycles. The Balaban J connectivity index is 1.68. The van der Waals surface area contributed by atoms with Crippen LogP contribution in [0.3, 0.4) is 0 Å². The van der Waals surface area contributed by atoms with Gasteiger partial charge in [-0.05, 0) is 67.3 Å². The smallest absolute Gasteiger partial charge is 0.380 e. The molecular formula is C29H30F7NO4S3. The summed E-state index contributed by atoms with van der Waals surface area (Å²) in [6.07, 6.45) is -12.5. The molecule has 5 rings (SSSR count). The van der Waals surface area contributed by atoms with E-state index in [0.717, 1.165) is 11.6 Å². The Kier molecular flexibility index (Phi) is 8.33. The van der Waals surface area contributed by atoms with Crippen molar-refractivity contribution in [2.75, 3.05) is 18.1 Å². The molecule has 0 bridgehead atoms. The third kappa shape index (κ3) is 4.91. The predicted octanol–water partition coefficient (Wildman–Crippen LogP) is 5.36. The van der Waals surface area contributed by atoms with Gasteiger partial charge in [-0.25, -0.2) is 12.8 Å². The summed E-state index contributed by atoms with van der Waals surface area (Å²) >= 11 is 5.32. The molecule has 1 amide bonds. The van der Waals surface area contributed by atoms with Gasteiger partial charge in [-0.3, -0.25) is 4.79 Å². The first-order valence-corrected chi connectivity index (χ1v) is 18.0. The van der Waals surface area contributed by atoms with Crippen molar-refractivity contribution < 1.29 is 49.1 Å². The number of alkyl halides is 7. The number of hydrogen-bond acceptors (Lipinski definition) is 5. The summed E-state index contributed by atoms with van der Waals surface area (Å²) in [6.45, 7) is 1.74. The molecule has 0 radical (unpaired) electrons. The van der Waals surface area contributed by atoms with E-state index in [9.17, 15) is 44.7 Å². The number of sulfone groups is 1. The van der Waals surface area contributed by atoms with Gasteiger partial charge in [-0.2, -0.15) is 26.3 Å². The van der Waals surface area contributed by atoms with Crippen LogP contribution in [-0.4, -0.2) is 66.4 Å². The van der Waals surface area contributed by atoms with Crippen LogP contribution in [0.2, 0.25) is 0 Å². The second-order valence-corrected chi connectivity index (χ2v) is 16.9. The molecule has 44 heavy (non-hydrogen) atoms. The molecule has 2 fully saturated rings. The monoisotopic (exact) mass is 685 g/mol. The number of fused-ring (bicyclic) bond motifs is 3. The van der Waals surface area contributed by atoms with E-state index in [1.165, 1.54) is 17.0 Å². The van der Waals surface area contributed by atoms with Crippen LogP contribution in [0.4, 0.5) is 30.7 Å². The van der Waals surface area contributed by atoms with Gasteiger partial charge in [0.15, 0.2) is 9.84 Å². The van der Waals surface area contributed by atoms with E-state index in [1.54, 1.807) is 12.1 Å². The SMILES string of the molecule is CCc1ccc(S(=O)(=O)C23CCN(C(=O)C4(O)CCS(=S)CC4)C2CCc2cc(C(F)(C(F)(F)F)C(F)(F)F)ccc23)cc1. The van der Waals surface area contributed by atoms with Crippen LogP contribution in [0.5, 0.6) is 0 Å². The van der Waals surface area contributed by atoms with Gasteiger partial charge in [0.1, 0.15) is 10.3 Å². The Labute approximate surface area is 257 Å². The van der Waals surface area contributed by atoms with Crippen LogP contribution in [-0.2, 0) is 58.5 Å². The van der Waals surface area contributed by atoms with Crippen molar-refractivity contribution in [3.8, 4) is 0 Å². The van der Waals surface area contributed by atoms with Gasteiger partial charge in [0.05, 0.1) is 10.9 Å². The van der Waals surface area contributed by atoms with Crippen molar-refractivity contribution in [3.05, 3.63) is 64.7 Å². The number of nitrogens with zero attached hydrogens (tertiary/aromatic N) is 1. The number of amides is 1. The van der Waals surface area contributed by atoms with E-state index < -0.39 is 65.2 Å². The normalized spacial score (nSPS) is 28.0. The molecule has 1 N–H and O–H groups in total. The van der Waals surface area contributed by atoms with E-state index in [4.69, 9.17) is 11.2 Å². The summed E-state index contributed by atoms with van der Waals surface area (Å²) in [7, 11) is -4.86. The predicted molar refractivity (Wildman–Crippen MR) is 153 cm³/mol. The number of halogens is 7. The summed E-state index contributed by atoms with van der Waals surface area (Å²) < 4.78 is 124. The second kappa shape index (κ2) is 11.0. The van der Waals surface area contributed by atoms with Crippen molar-refractivity contribution in [1.29, 1.82) is 0 Å². The number of carbonyl (C=O) groups is 1. The molecular weight excluding hydrogens is 656 g/mol. The van der Waals surface area contributed by atoms with E-state index in [1.807, 2.05) is 6.92 Å². The summed E-state index contributed by atoms with van der Waals surface area (Å²) in [4.78, 5) is 15.0. The minimum Gasteiger partial charge on any atom is -0.380 e. The maximum atomic E-state index is 15.0. The van der Waals surface area contributed by atoms with Gasteiger partial charge in [0.25, 0.3) is 5.91 Å². The van der Waals surface area contributed by atoms with Crippen LogP contribution in [0.25, 0.3) is 0 Å². The minimum atomic E-state index is -6.34. The fourth-order valence-electron chi connectivity index (χ4n) is 6.86. The van der Waals surface area contributed by atoms with E-state index in [2.05, 4.69) is 0 Å². The largest absolute Gasteiger partial charge is 0.435 e. The fraction of sp³-hybridized carbons (Fsp3) is 0.552. The molecule has 2 aliphatic heterocycles. The molecule has 2 aromatic rings. The molecule has 2 unspecified atom stereocenters. The Bertz CT molecular complexity index is 1570. The van der Waals surface area contributed by atoms with Crippen molar-refractivity contribution in [2.24, 2.45) is 0 Å². The van der Waals surface area contributed by atoms with Gasteiger partial charge < -0.3 is 10.0 Å². The number of rotatable bonds is 5. The molecule has 5 nitrogen and oxygen atoms in total. The Hall–Kier alpha value is -2.10. The average molecular weight is 686 g/mol. The number of hydrogen-bond donors (Lipinski definition) is 1. The summed E-state index contributed by atoms with van der Waals surface area (Å²) in [5, 5.41) is 11.3. The summed E-state index contributed by atoms with van der Waals surface area (Å²) in [5.41, 5.74) is -8.59. The third-order valence-corrected chi connectivity index (χ3v) is 14.2. The zero-order chi connectivity index (χ0) is 32.5. The number of aryl methyl sites for hydroxylation is 2. The quantitative estimate of drug-likeness (QED) is 0.430. The molecule has 0 aromatic heterocycles. The highest BCUT2D eigenvalue weighted by atomic mass is 32.8. The highest BCUT2D eigenvalue weighted by Gasteiger charge is 2.74. The zero-order valence-electron chi connectivity index (χ0n) is 23.5. The van der Waals surface area contributed by atoms with Gasteiger partial charge in [0.2, 0.25) is 0 Å². The Morgan fingerprint density at radius 1 is 1.00 bits per heavy atom. The van der Waals surface area contributed by atoms with Gasteiger partial charge >= 0.3 is 18.0 Å². The number of carbonyl (C=O) groups excluding carboxylic acids is 1. The lowest BCUT2D eigenvalue weighted by molar-refractivity contribution is -0.348. The molecule has 2 aromatic carbocycles. The van der Waals surface area contributed by atoms with E-state index in [0.29, 0.717) is 30.1 Å². The van der Waals surface area contributed by atoms with Crippen LogP contribution in [0.15, 0.2) is 47.4 Å². The standard InChI is InChI=1S/C29H30F7NO4S3/c1-2-18-3-7-21(8-4-18)44(40,41)26-11-14-37(24(38)25(39)12-15-43(42)16-13-25)23(26)10-5-19-17-20(6-9-22(19)26)27(30,28(31,32)33)29(34,35)36/h3-4,6-9,17,23,39H,2,5,10-16H2,1H3. The van der Waals surface area contributed by atoms with Crippen molar-refractivity contribution in [2.45, 2.75) is 84.8 Å². The Morgan fingerprint density at radius 2 is 1.59 bits per heavy atom. The first-order valence-electron chi connectivity index (χ1n) is 14.0. The van der Waals surface area contributed by atoms with Gasteiger partial charge in [-0.15, -0.1) is 9.45 Å². The van der Waals surface area contributed by atoms with E-state index in [-0.39, 0.29) is 54.7 Å². The third-order valence-electron chi connectivity index (χ3n) is 9.33. The van der Waals surface area contributed by atoms with Crippen molar-refractivity contribution in [3.63, 3.8) is 0 Å². The van der Waals surface area contributed by atoms with Crippen LogP contribution < -0.4 is 0 Å². The average Bonchev–Trinajstić information content (AvgIpc) is 3.38. The highest BCUT2D eigenvalue weighted by Crippen LogP contribution is 2.57. The van der Waals surface area contributed by atoms with Crippen molar-refractivity contribution >= 4 is 36.4 Å². The number of likely N-dealkylation sites (tertiary alicyclic amines) is 1. The number of aliphatic hydroxyl groups is 1. The van der Waals surface area contributed by atoms with Crippen LogP contribution >= 0.6 is 0 Å². The zero-order valence-corrected chi connectivity index (χ0v) is 25.9. The fourth-order valence-corrected chi connectivity index (χ4v) is 11.1. The first-order chi connectivity index (χ1) is 20.3. The summed E-state index contributed by atoms with van der Waals surface area (Å²) in [6, 6.07) is 6.49. The molecule has 0 spiro atoms. The maximum Gasteiger partial charge on any atom is 0.435 e. The topological polar surface area (TPSA) is 74.7 Å². The van der Waals surface area contributed by atoms with Gasteiger partial charge in [0, 0.05) is 23.6 Å². The molecule has 2 heterocycles. The molecule has 2 atom stereocenters. The lowest BCUT2D eigenvalue weighted by atomic mass is 9.76. The van der Waals surface area contributed by atoms with Crippen LogP contribution in [0.1, 0.15) is 54.9 Å². The maximum absolute atomic E-state index is 15.0. The second-order valence-electron chi connectivity index (χ2n) is 11.6. The van der Waals surface area contributed by atoms with Crippen LogP contribution in [0, 0.1) is 0 Å². The number of benzene rings is 2. The molecule has 3 aliphatic rings. The lowest BCUT2D eigenvalue weighted by Crippen LogP contribution is -2.58. The molecule has 15 heteroatoms. The first kappa shape index (κ1) is 33.3. The molecule has 2 saturated heterocycles. The molecule has 242 valence electrons. The highest BCUT2D eigenvalue weighted by molar-refractivity contribution is 8.28. The Morgan fingerprint density at radius 3 is 2.14 bits per heavy atom. The van der Waals surface area contributed by atoms with E-state index >= 15 is 4.39 Å². The lowest BCUT2D eigenvalue weighted by Gasteiger charge is -2.44. The molecule has 0 saturated carbocycles. The minimum absolute atomic E-state index is 0.0817.